The second kappa shape index (κ2) is 6.72. The average molecular weight is 356 g/mol. The van der Waals surface area contributed by atoms with Gasteiger partial charge in [0.1, 0.15) is 0 Å². The van der Waals surface area contributed by atoms with Crippen LogP contribution in [0.1, 0.15) is 12.8 Å². The molecule has 0 saturated carbocycles. The van der Waals surface area contributed by atoms with E-state index < -0.39 is 0 Å². The van der Waals surface area contributed by atoms with Crippen LogP contribution in [-0.4, -0.2) is 33.6 Å². The van der Waals surface area contributed by atoms with Gasteiger partial charge in [-0.3, -0.25) is 9.20 Å². The SMILES string of the molecule is O=C(Nc1ccc(Cl)cc1)[C@H]1CCCN(c2nnc3ccccn23)C1. The molecular formula is C18H18ClN5O. The number of halogens is 1. The number of nitrogens with one attached hydrogen (secondary N) is 1. The van der Waals surface area contributed by atoms with Gasteiger partial charge in [-0.2, -0.15) is 0 Å². The molecule has 1 amide bonds. The van der Waals surface area contributed by atoms with E-state index in [9.17, 15) is 4.79 Å². The first-order valence-electron chi connectivity index (χ1n) is 8.32. The molecule has 1 atom stereocenters. The summed E-state index contributed by atoms with van der Waals surface area (Å²) in [6, 6.07) is 13.0. The minimum absolute atomic E-state index is 0.0286. The van der Waals surface area contributed by atoms with E-state index in [1.54, 1.807) is 12.1 Å². The summed E-state index contributed by atoms with van der Waals surface area (Å²) < 4.78 is 1.96. The number of carbonyl (C=O) groups excluding carboxylic acids is 1. The monoisotopic (exact) mass is 355 g/mol. The lowest BCUT2D eigenvalue weighted by molar-refractivity contribution is -0.120. The van der Waals surface area contributed by atoms with E-state index in [1.807, 2.05) is 40.9 Å². The number of aromatic nitrogens is 3. The van der Waals surface area contributed by atoms with Gasteiger partial charge in [0, 0.05) is 30.0 Å². The Labute approximate surface area is 150 Å². The lowest BCUT2D eigenvalue weighted by Gasteiger charge is -2.31. The Kier molecular flexibility index (Phi) is 4.28. The van der Waals surface area contributed by atoms with Crippen molar-refractivity contribution >= 4 is 34.8 Å². The smallest absolute Gasteiger partial charge is 0.231 e. The van der Waals surface area contributed by atoms with Gasteiger partial charge in [0.15, 0.2) is 5.65 Å². The van der Waals surface area contributed by atoms with Crippen molar-refractivity contribution in [1.82, 2.24) is 14.6 Å². The number of hydrogen-bond donors (Lipinski definition) is 1. The second-order valence-electron chi connectivity index (χ2n) is 6.21. The number of anilines is 2. The number of benzene rings is 1. The standard InChI is InChI=1S/C18H18ClN5O/c19-14-6-8-15(9-7-14)20-17(25)13-4-3-10-23(12-13)18-22-21-16-5-1-2-11-24(16)18/h1-2,5-9,11,13H,3-4,10,12H2,(H,20,25)/t13-/m0/s1. The van der Waals surface area contributed by atoms with E-state index in [2.05, 4.69) is 20.4 Å². The number of hydrogen-bond acceptors (Lipinski definition) is 4. The zero-order chi connectivity index (χ0) is 17.2. The molecule has 4 rings (SSSR count). The average Bonchev–Trinajstić information content (AvgIpc) is 3.08. The van der Waals surface area contributed by atoms with E-state index in [1.165, 1.54) is 0 Å². The Hall–Kier alpha value is -2.60. The maximum Gasteiger partial charge on any atom is 0.231 e. The third-order valence-corrected chi connectivity index (χ3v) is 4.73. The Morgan fingerprint density at radius 3 is 2.84 bits per heavy atom. The van der Waals surface area contributed by atoms with Crippen LogP contribution in [0, 0.1) is 5.92 Å². The highest BCUT2D eigenvalue weighted by Crippen LogP contribution is 2.24. The molecule has 0 aliphatic carbocycles. The Bertz CT molecular complexity index is 892. The van der Waals surface area contributed by atoms with Crippen LogP contribution < -0.4 is 10.2 Å². The van der Waals surface area contributed by atoms with Crippen LogP contribution in [0.5, 0.6) is 0 Å². The summed E-state index contributed by atoms with van der Waals surface area (Å²) in [5.74, 6) is 0.737. The highest BCUT2D eigenvalue weighted by Gasteiger charge is 2.28. The van der Waals surface area contributed by atoms with Gasteiger partial charge >= 0.3 is 0 Å². The fraction of sp³-hybridized carbons (Fsp3) is 0.278. The van der Waals surface area contributed by atoms with Gasteiger partial charge in [-0.25, -0.2) is 0 Å². The number of pyridine rings is 1. The normalized spacial score (nSPS) is 17.6. The highest BCUT2D eigenvalue weighted by atomic mass is 35.5. The summed E-state index contributed by atoms with van der Waals surface area (Å²) in [7, 11) is 0. The molecule has 1 saturated heterocycles. The van der Waals surface area contributed by atoms with Crippen LogP contribution in [0.3, 0.4) is 0 Å². The van der Waals surface area contributed by atoms with E-state index in [4.69, 9.17) is 11.6 Å². The zero-order valence-electron chi connectivity index (χ0n) is 13.6. The minimum Gasteiger partial charge on any atom is -0.340 e. The summed E-state index contributed by atoms with van der Waals surface area (Å²) in [5.41, 5.74) is 1.57. The highest BCUT2D eigenvalue weighted by molar-refractivity contribution is 6.30. The van der Waals surface area contributed by atoms with Crippen LogP contribution in [0.4, 0.5) is 11.6 Å². The molecule has 0 radical (unpaired) electrons. The molecule has 6 nitrogen and oxygen atoms in total. The van der Waals surface area contributed by atoms with Crippen LogP contribution in [0.15, 0.2) is 48.7 Å². The van der Waals surface area contributed by atoms with Gasteiger partial charge in [0.05, 0.1) is 5.92 Å². The van der Waals surface area contributed by atoms with E-state index in [0.29, 0.717) is 11.6 Å². The van der Waals surface area contributed by atoms with Gasteiger partial charge in [-0.1, -0.05) is 17.7 Å². The molecule has 1 aromatic carbocycles. The van der Waals surface area contributed by atoms with E-state index in [0.717, 1.165) is 36.7 Å². The van der Waals surface area contributed by atoms with Crippen LogP contribution >= 0.6 is 11.6 Å². The molecule has 1 aliphatic heterocycles. The molecule has 1 N–H and O–H groups in total. The molecule has 2 aromatic heterocycles. The number of amides is 1. The topological polar surface area (TPSA) is 62.5 Å². The largest absolute Gasteiger partial charge is 0.340 e. The van der Waals surface area contributed by atoms with Gasteiger partial charge in [-0.05, 0) is 49.2 Å². The zero-order valence-corrected chi connectivity index (χ0v) is 14.4. The Morgan fingerprint density at radius 2 is 2.00 bits per heavy atom. The summed E-state index contributed by atoms with van der Waals surface area (Å²) in [6.07, 6.45) is 3.76. The van der Waals surface area contributed by atoms with Crippen LogP contribution in [0.2, 0.25) is 5.02 Å². The minimum atomic E-state index is -0.0829. The molecule has 25 heavy (non-hydrogen) atoms. The number of fused-ring (bicyclic) bond motifs is 1. The molecule has 7 heteroatoms. The van der Waals surface area contributed by atoms with Crippen molar-refractivity contribution in [2.24, 2.45) is 5.92 Å². The van der Waals surface area contributed by atoms with Crippen molar-refractivity contribution in [1.29, 1.82) is 0 Å². The Balaban J connectivity index is 1.49. The maximum absolute atomic E-state index is 12.6. The van der Waals surface area contributed by atoms with Crippen LogP contribution in [0.25, 0.3) is 5.65 Å². The predicted molar refractivity (Wildman–Crippen MR) is 98.0 cm³/mol. The van der Waals surface area contributed by atoms with Gasteiger partial charge < -0.3 is 10.2 Å². The van der Waals surface area contributed by atoms with Crippen molar-refractivity contribution in [2.75, 3.05) is 23.3 Å². The van der Waals surface area contributed by atoms with Crippen molar-refractivity contribution in [3.8, 4) is 0 Å². The third-order valence-electron chi connectivity index (χ3n) is 4.48. The number of rotatable bonds is 3. The lowest BCUT2D eigenvalue weighted by Crippen LogP contribution is -2.41. The van der Waals surface area contributed by atoms with Crippen molar-refractivity contribution in [3.63, 3.8) is 0 Å². The van der Waals surface area contributed by atoms with E-state index in [-0.39, 0.29) is 11.8 Å². The molecule has 3 aromatic rings. The second-order valence-corrected chi connectivity index (χ2v) is 6.65. The third kappa shape index (κ3) is 3.30. The first-order valence-corrected chi connectivity index (χ1v) is 8.69. The van der Waals surface area contributed by atoms with Gasteiger partial charge in [0.2, 0.25) is 11.9 Å². The number of carbonyl (C=O) groups is 1. The molecule has 3 heterocycles. The molecule has 0 bridgehead atoms. The summed E-state index contributed by atoms with van der Waals surface area (Å²) in [4.78, 5) is 14.8. The van der Waals surface area contributed by atoms with Crippen molar-refractivity contribution in [3.05, 3.63) is 53.7 Å². The number of nitrogens with zero attached hydrogens (tertiary/aromatic N) is 4. The fourth-order valence-corrected chi connectivity index (χ4v) is 3.32. The first kappa shape index (κ1) is 15.9. The summed E-state index contributed by atoms with van der Waals surface area (Å²) in [5, 5.41) is 12.1. The van der Waals surface area contributed by atoms with Gasteiger partial charge in [0.25, 0.3) is 0 Å². The quantitative estimate of drug-likeness (QED) is 0.783. The molecule has 1 aliphatic rings. The molecule has 0 spiro atoms. The predicted octanol–water partition coefficient (Wildman–Crippen LogP) is 3.24. The molecule has 0 unspecified atom stereocenters. The van der Waals surface area contributed by atoms with Gasteiger partial charge in [-0.15, -0.1) is 10.2 Å². The fourth-order valence-electron chi connectivity index (χ4n) is 3.19. The Morgan fingerprint density at radius 1 is 1.16 bits per heavy atom. The van der Waals surface area contributed by atoms with Crippen molar-refractivity contribution < 1.29 is 4.79 Å². The lowest BCUT2D eigenvalue weighted by atomic mass is 9.97. The molecule has 128 valence electrons. The van der Waals surface area contributed by atoms with Crippen molar-refractivity contribution in [2.45, 2.75) is 12.8 Å². The summed E-state index contributed by atoms with van der Waals surface area (Å²) >= 11 is 5.89. The van der Waals surface area contributed by atoms with E-state index >= 15 is 0 Å². The summed E-state index contributed by atoms with van der Waals surface area (Å²) in [6.45, 7) is 1.51. The first-order chi connectivity index (χ1) is 12.2. The van der Waals surface area contributed by atoms with Crippen LogP contribution in [-0.2, 0) is 4.79 Å². The molecular weight excluding hydrogens is 338 g/mol. The maximum atomic E-state index is 12.6. The molecule has 1 fully saturated rings. The number of piperidine rings is 1.